The number of aryl methyl sites for hydroxylation is 1. The molecule has 1 saturated heterocycles. The fourth-order valence-corrected chi connectivity index (χ4v) is 4.49. The first-order chi connectivity index (χ1) is 19.9. The molecule has 1 heterocycles. The summed E-state index contributed by atoms with van der Waals surface area (Å²) in [6, 6.07) is 12.6. The summed E-state index contributed by atoms with van der Waals surface area (Å²) >= 11 is 0. The summed E-state index contributed by atoms with van der Waals surface area (Å²) in [5, 5.41) is 0. The van der Waals surface area contributed by atoms with Gasteiger partial charge in [0.25, 0.3) is 0 Å². The number of nitrogens with two attached hydrogens (primary N) is 1. The van der Waals surface area contributed by atoms with Crippen molar-refractivity contribution in [1.29, 1.82) is 0 Å². The summed E-state index contributed by atoms with van der Waals surface area (Å²) < 4.78 is 33.7. The summed E-state index contributed by atoms with van der Waals surface area (Å²) in [5.74, 6) is -3.47. The molecular formula is C30H35NO11. The summed E-state index contributed by atoms with van der Waals surface area (Å²) in [7, 11) is 0. The smallest absolute Gasteiger partial charge is 0.303 e. The SMILES string of the molecule is CCc1ccc(Cc2ccc(C(N)=O)cc2OC2O[C@H](COC(C)=O)[C@@H](OC(C)=O)[C@H](OC(C)=O)[C@H]2OC(C)=O)cc1. The van der Waals surface area contributed by atoms with Crippen molar-refractivity contribution in [2.24, 2.45) is 5.73 Å². The van der Waals surface area contributed by atoms with Crippen molar-refractivity contribution < 1.29 is 52.4 Å². The van der Waals surface area contributed by atoms with E-state index in [1.54, 1.807) is 12.1 Å². The molecule has 12 heteroatoms. The monoisotopic (exact) mass is 585 g/mol. The number of rotatable bonds is 11. The number of carbonyl (C=O) groups excluding carboxylic acids is 5. The summed E-state index contributed by atoms with van der Waals surface area (Å²) in [4.78, 5) is 59.9. The molecule has 0 aromatic heterocycles. The molecule has 0 radical (unpaired) electrons. The number of hydrogen-bond acceptors (Lipinski definition) is 11. The number of amides is 1. The Hall–Kier alpha value is -4.45. The molecule has 1 unspecified atom stereocenters. The molecule has 0 saturated carbocycles. The number of benzene rings is 2. The molecule has 1 fully saturated rings. The van der Waals surface area contributed by atoms with E-state index < -0.39 is 67.1 Å². The molecule has 0 bridgehead atoms. The van der Waals surface area contributed by atoms with Crippen LogP contribution in [0.25, 0.3) is 0 Å². The van der Waals surface area contributed by atoms with Gasteiger partial charge in [0.15, 0.2) is 12.2 Å². The Bertz CT molecular complexity index is 1310. The lowest BCUT2D eigenvalue weighted by molar-refractivity contribution is -0.288. The standard InChI is InChI=1S/C30H35NO11/c1-6-20-7-9-21(10-8-20)13-22-11-12-23(29(31)36)14-24(22)41-30-28(40-19(5)35)27(39-18(4)34)26(38-17(3)33)25(42-30)15-37-16(2)32/h7-12,14,25-28,30H,6,13,15H2,1-5H3,(H2,31,36)/t25-,26-,27+,28-,30?/m1/s1. The number of primary amides is 1. The van der Waals surface area contributed by atoms with Crippen LogP contribution in [0.15, 0.2) is 42.5 Å². The van der Waals surface area contributed by atoms with Crippen LogP contribution in [-0.2, 0) is 55.7 Å². The van der Waals surface area contributed by atoms with Gasteiger partial charge in [-0.3, -0.25) is 24.0 Å². The van der Waals surface area contributed by atoms with Crippen molar-refractivity contribution in [2.75, 3.05) is 6.61 Å². The number of esters is 4. The van der Waals surface area contributed by atoms with Crippen LogP contribution < -0.4 is 10.5 Å². The minimum Gasteiger partial charge on any atom is -0.463 e. The van der Waals surface area contributed by atoms with Crippen LogP contribution in [0, 0.1) is 0 Å². The quantitative estimate of drug-likeness (QED) is 0.304. The summed E-state index contributed by atoms with van der Waals surface area (Å²) in [6.45, 7) is 6.21. The maximum Gasteiger partial charge on any atom is 0.303 e. The van der Waals surface area contributed by atoms with Crippen molar-refractivity contribution in [3.63, 3.8) is 0 Å². The number of ether oxygens (including phenoxy) is 6. The zero-order valence-electron chi connectivity index (χ0n) is 24.1. The van der Waals surface area contributed by atoms with E-state index in [-0.39, 0.29) is 11.3 Å². The molecule has 226 valence electrons. The third-order valence-electron chi connectivity index (χ3n) is 6.37. The Labute approximate surface area is 243 Å². The van der Waals surface area contributed by atoms with Crippen LogP contribution in [0.5, 0.6) is 5.75 Å². The highest BCUT2D eigenvalue weighted by Gasteiger charge is 2.53. The maximum absolute atomic E-state index is 12.2. The predicted octanol–water partition coefficient (Wildman–Crippen LogP) is 2.40. The first-order valence-electron chi connectivity index (χ1n) is 13.4. The molecule has 0 spiro atoms. The van der Waals surface area contributed by atoms with Gasteiger partial charge in [0.1, 0.15) is 18.5 Å². The molecule has 3 rings (SSSR count). The second kappa shape index (κ2) is 14.4. The highest BCUT2D eigenvalue weighted by Crippen LogP contribution is 2.33. The average molecular weight is 586 g/mol. The van der Waals surface area contributed by atoms with Gasteiger partial charge in [-0.2, -0.15) is 0 Å². The van der Waals surface area contributed by atoms with E-state index in [9.17, 15) is 24.0 Å². The van der Waals surface area contributed by atoms with E-state index in [0.717, 1.165) is 38.3 Å². The molecule has 1 aliphatic rings. The van der Waals surface area contributed by atoms with Gasteiger partial charge in [-0.05, 0) is 35.2 Å². The fraction of sp³-hybridized carbons (Fsp3) is 0.433. The molecule has 0 aliphatic carbocycles. The largest absolute Gasteiger partial charge is 0.463 e. The van der Waals surface area contributed by atoms with Crippen molar-refractivity contribution in [2.45, 2.75) is 78.2 Å². The van der Waals surface area contributed by atoms with Crippen LogP contribution in [0.1, 0.15) is 61.7 Å². The second-order valence-electron chi connectivity index (χ2n) is 9.72. The van der Waals surface area contributed by atoms with Crippen molar-refractivity contribution in [3.8, 4) is 5.75 Å². The van der Waals surface area contributed by atoms with E-state index in [0.29, 0.717) is 12.0 Å². The lowest BCUT2D eigenvalue weighted by Gasteiger charge is -2.44. The number of carbonyl (C=O) groups is 5. The van der Waals surface area contributed by atoms with Crippen LogP contribution >= 0.6 is 0 Å². The highest BCUT2D eigenvalue weighted by molar-refractivity contribution is 5.93. The van der Waals surface area contributed by atoms with E-state index in [1.165, 1.54) is 13.0 Å². The molecule has 1 aliphatic heterocycles. The molecule has 1 amide bonds. The third kappa shape index (κ3) is 8.77. The molecular weight excluding hydrogens is 550 g/mol. The Morgan fingerprint density at radius 1 is 0.762 bits per heavy atom. The van der Waals surface area contributed by atoms with Gasteiger partial charge in [-0.1, -0.05) is 37.3 Å². The van der Waals surface area contributed by atoms with Gasteiger partial charge in [0, 0.05) is 39.7 Å². The van der Waals surface area contributed by atoms with Crippen LogP contribution in [-0.4, -0.2) is 67.1 Å². The minimum absolute atomic E-state index is 0.140. The lowest BCUT2D eigenvalue weighted by Crippen LogP contribution is -2.63. The van der Waals surface area contributed by atoms with Crippen LogP contribution in [0.4, 0.5) is 0 Å². The van der Waals surface area contributed by atoms with Gasteiger partial charge >= 0.3 is 23.9 Å². The highest BCUT2D eigenvalue weighted by atomic mass is 16.7. The van der Waals surface area contributed by atoms with E-state index >= 15 is 0 Å². The predicted molar refractivity (Wildman–Crippen MR) is 146 cm³/mol. The van der Waals surface area contributed by atoms with Crippen molar-refractivity contribution in [3.05, 3.63) is 64.7 Å². The van der Waals surface area contributed by atoms with Gasteiger partial charge in [-0.25, -0.2) is 0 Å². The second-order valence-corrected chi connectivity index (χ2v) is 9.72. The van der Waals surface area contributed by atoms with Gasteiger partial charge in [-0.15, -0.1) is 0 Å². The van der Waals surface area contributed by atoms with Gasteiger partial charge in [0.2, 0.25) is 18.3 Å². The molecule has 2 aromatic rings. The summed E-state index contributed by atoms with van der Waals surface area (Å²) in [5.41, 5.74) is 8.41. The number of hydrogen-bond donors (Lipinski definition) is 1. The first-order valence-corrected chi connectivity index (χ1v) is 13.4. The lowest BCUT2D eigenvalue weighted by atomic mass is 9.97. The molecule has 2 aromatic carbocycles. The molecule has 12 nitrogen and oxygen atoms in total. The minimum atomic E-state index is -1.46. The molecule has 2 N–H and O–H groups in total. The van der Waals surface area contributed by atoms with E-state index in [1.807, 2.05) is 24.3 Å². The van der Waals surface area contributed by atoms with Crippen LogP contribution in [0.2, 0.25) is 0 Å². The van der Waals surface area contributed by atoms with E-state index in [4.69, 9.17) is 34.2 Å². The van der Waals surface area contributed by atoms with Crippen molar-refractivity contribution >= 4 is 29.8 Å². The van der Waals surface area contributed by atoms with Crippen LogP contribution in [0.3, 0.4) is 0 Å². The Balaban J connectivity index is 2.07. The Morgan fingerprint density at radius 3 is 1.88 bits per heavy atom. The third-order valence-corrected chi connectivity index (χ3v) is 6.37. The van der Waals surface area contributed by atoms with E-state index in [2.05, 4.69) is 6.92 Å². The molecule has 42 heavy (non-hydrogen) atoms. The summed E-state index contributed by atoms with van der Waals surface area (Å²) in [6.07, 6.45) is -5.55. The van der Waals surface area contributed by atoms with Gasteiger partial charge < -0.3 is 34.2 Å². The zero-order chi connectivity index (χ0) is 31.0. The Kier molecular flexibility index (Phi) is 11.0. The normalized spacial score (nSPS) is 21.5. The first kappa shape index (κ1) is 32.1. The average Bonchev–Trinajstić information content (AvgIpc) is 2.91. The molecule has 5 atom stereocenters. The zero-order valence-corrected chi connectivity index (χ0v) is 24.1. The Morgan fingerprint density at radius 2 is 1.33 bits per heavy atom. The maximum atomic E-state index is 12.2. The topological polar surface area (TPSA) is 167 Å². The van der Waals surface area contributed by atoms with Crippen molar-refractivity contribution in [1.82, 2.24) is 0 Å². The fourth-order valence-electron chi connectivity index (χ4n) is 4.49. The van der Waals surface area contributed by atoms with Gasteiger partial charge in [0.05, 0.1) is 0 Å².